The molecule has 168 valence electrons. The number of para-hydroxylation sites is 1. The maximum Gasteiger partial charge on any atom is 0.273 e. The lowest BCUT2D eigenvalue weighted by Crippen LogP contribution is -2.32. The zero-order chi connectivity index (χ0) is 24.1. The molecule has 4 rings (SSSR count). The summed E-state index contributed by atoms with van der Waals surface area (Å²) in [6.45, 7) is 4.18. The minimum absolute atomic E-state index is 0.135. The highest BCUT2D eigenvalue weighted by molar-refractivity contribution is 7.07. The molecule has 0 fully saturated rings. The van der Waals surface area contributed by atoms with Crippen molar-refractivity contribution in [3.8, 4) is 11.8 Å². The molecule has 0 atom stereocenters. The van der Waals surface area contributed by atoms with Crippen LogP contribution in [0.25, 0.3) is 17.3 Å². The van der Waals surface area contributed by atoms with Crippen LogP contribution in [0.15, 0.2) is 83.9 Å². The number of aromatic nitrogens is 2. The van der Waals surface area contributed by atoms with Gasteiger partial charge >= 0.3 is 0 Å². The van der Waals surface area contributed by atoms with Crippen molar-refractivity contribution in [1.29, 1.82) is 5.26 Å². The van der Waals surface area contributed by atoms with Crippen molar-refractivity contribution >= 4 is 34.6 Å². The van der Waals surface area contributed by atoms with Gasteiger partial charge in [0.25, 0.3) is 11.5 Å². The fourth-order valence-electron chi connectivity index (χ4n) is 3.41. The third kappa shape index (κ3) is 4.87. The van der Waals surface area contributed by atoms with Gasteiger partial charge in [-0.1, -0.05) is 50.2 Å². The summed E-state index contributed by atoms with van der Waals surface area (Å²) in [5, 5.41) is 12.7. The summed E-state index contributed by atoms with van der Waals surface area (Å²) in [5.41, 5.74) is 2.61. The quantitative estimate of drug-likeness (QED) is 0.487. The Kier molecular flexibility index (Phi) is 6.81. The first-order valence-corrected chi connectivity index (χ1v) is 11.5. The molecule has 7 heteroatoms. The first kappa shape index (κ1) is 22.9. The number of thiazole rings is 1. The van der Waals surface area contributed by atoms with E-state index >= 15 is 0 Å². The Labute approximate surface area is 200 Å². The van der Waals surface area contributed by atoms with Gasteiger partial charge in [0.15, 0.2) is 5.57 Å². The molecule has 0 bridgehead atoms. The Balaban J connectivity index is 1.87. The normalized spacial score (nSPS) is 12.4. The molecule has 0 saturated heterocycles. The summed E-state index contributed by atoms with van der Waals surface area (Å²) in [4.78, 5) is 30.6. The lowest BCUT2D eigenvalue weighted by molar-refractivity contribution is -0.111. The number of carbonyl (C=O) groups excluding carboxylic acids is 1. The zero-order valence-corrected chi connectivity index (χ0v) is 19.5. The Morgan fingerprint density at radius 3 is 2.44 bits per heavy atom. The number of amides is 1. The third-order valence-corrected chi connectivity index (χ3v) is 6.30. The molecule has 0 saturated carbocycles. The number of nitrogens with one attached hydrogen (secondary N) is 1. The molecular weight excluding hydrogens is 444 g/mol. The van der Waals surface area contributed by atoms with Gasteiger partial charge in [-0.15, -0.1) is 11.3 Å². The van der Waals surface area contributed by atoms with Crippen LogP contribution in [0.1, 0.15) is 30.9 Å². The summed E-state index contributed by atoms with van der Waals surface area (Å²) >= 11 is 1.10. The topological polar surface area (TPSA) is 87.8 Å². The molecule has 2 heterocycles. The summed E-state index contributed by atoms with van der Waals surface area (Å²) in [6, 6.07) is 22.1. The van der Waals surface area contributed by atoms with Crippen molar-refractivity contribution in [2.75, 3.05) is 5.32 Å². The van der Waals surface area contributed by atoms with Crippen LogP contribution in [0.4, 0.5) is 5.69 Å². The summed E-state index contributed by atoms with van der Waals surface area (Å²) in [7, 11) is 0. The lowest BCUT2D eigenvalue weighted by atomic mass is 10.0. The van der Waals surface area contributed by atoms with E-state index in [1.165, 1.54) is 4.57 Å². The Bertz CT molecular complexity index is 1530. The Hall–Kier alpha value is -4.28. The monoisotopic (exact) mass is 466 g/mol. The van der Waals surface area contributed by atoms with Crippen molar-refractivity contribution in [2.45, 2.75) is 19.8 Å². The number of pyridine rings is 1. The highest BCUT2D eigenvalue weighted by atomic mass is 32.1. The second-order valence-electron chi connectivity index (χ2n) is 7.90. The van der Waals surface area contributed by atoms with Crippen LogP contribution in [0.2, 0.25) is 0 Å². The predicted octanol–water partition coefficient (Wildman–Crippen LogP) is 3.56. The Morgan fingerprint density at radius 2 is 1.82 bits per heavy atom. The molecule has 4 aromatic rings. The van der Waals surface area contributed by atoms with Gasteiger partial charge in [0, 0.05) is 18.1 Å². The van der Waals surface area contributed by atoms with E-state index in [1.54, 1.807) is 48.8 Å². The minimum Gasteiger partial charge on any atom is -0.321 e. The van der Waals surface area contributed by atoms with Crippen molar-refractivity contribution in [3.05, 3.63) is 110 Å². The fourth-order valence-corrected chi connectivity index (χ4v) is 4.52. The first-order chi connectivity index (χ1) is 16.5. The van der Waals surface area contributed by atoms with Crippen LogP contribution in [-0.4, -0.2) is 15.5 Å². The number of hydrogen-bond acceptors (Lipinski definition) is 5. The van der Waals surface area contributed by atoms with Gasteiger partial charge < -0.3 is 5.32 Å². The van der Waals surface area contributed by atoms with Crippen LogP contribution >= 0.6 is 11.3 Å². The number of nitrogens with zero attached hydrogens (tertiary/aromatic N) is 3. The molecule has 6 nitrogen and oxygen atoms in total. The highest BCUT2D eigenvalue weighted by Crippen LogP contribution is 2.17. The number of hydrogen-bond donors (Lipinski definition) is 1. The SMILES string of the molecule is CC(C)c1ccc(NC(=O)C(C#N)=c2sc(=Cc3cccnc3)c(=O)n2-c2ccccc2)cc1. The second-order valence-corrected chi connectivity index (χ2v) is 8.93. The molecule has 1 N–H and O–H groups in total. The van der Waals surface area contributed by atoms with Crippen molar-refractivity contribution in [2.24, 2.45) is 0 Å². The van der Waals surface area contributed by atoms with Gasteiger partial charge in [0.05, 0.1) is 10.2 Å². The van der Waals surface area contributed by atoms with Gasteiger partial charge in [-0.2, -0.15) is 5.26 Å². The van der Waals surface area contributed by atoms with Crippen LogP contribution in [-0.2, 0) is 4.79 Å². The molecule has 1 amide bonds. The lowest BCUT2D eigenvalue weighted by Gasteiger charge is -2.08. The molecular formula is C27H22N4O2S. The second kappa shape index (κ2) is 10.1. The highest BCUT2D eigenvalue weighted by Gasteiger charge is 2.17. The molecule has 0 aliphatic rings. The van der Waals surface area contributed by atoms with Crippen LogP contribution < -0.4 is 20.1 Å². The molecule has 0 spiro atoms. The van der Waals surface area contributed by atoms with Crippen molar-refractivity contribution in [3.63, 3.8) is 0 Å². The summed E-state index contributed by atoms with van der Waals surface area (Å²) < 4.78 is 2.08. The molecule has 2 aromatic heterocycles. The van der Waals surface area contributed by atoms with Crippen molar-refractivity contribution < 1.29 is 4.79 Å². The van der Waals surface area contributed by atoms with Gasteiger partial charge in [0.1, 0.15) is 10.7 Å². The van der Waals surface area contributed by atoms with E-state index in [2.05, 4.69) is 24.1 Å². The van der Waals surface area contributed by atoms with Gasteiger partial charge in [-0.05, 0) is 53.5 Å². The zero-order valence-electron chi connectivity index (χ0n) is 18.7. The van der Waals surface area contributed by atoms with Crippen LogP contribution in [0.5, 0.6) is 0 Å². The van der Waals surface area contributed by atoms with Gasteiger partial charge in [0.2, 0.25) is 0 Å². The maximum absolute atomic E-state index is 13.4. The van der Waals surface area contributed by atoms with Crippen LogP contribution in [0.3, 0.4) is 0 Å². The average molecular weight is 467 g/mol. The number of carbonyl (C=O) groups is 1. The van der Waals surface area contributed by atoms with Gasteiger partial charge in [-0.3, -0.25) is 19.1 Å². The van der Waals surface area contributed by atoms with E-state index in [4.69, 9.17) is 0 Å². The number of anilines is 1. The van der Waals surface area contributed by atoms with Crippen LogP contribution in [0, 0.1) is 11.3 Å². The van der Waals surface area contributed by atoms with E-state index in [1.807, 2.05) is 42.5 Å². The minimum atomic E-state index is -0.571. The number of rotatable bonds is 5. The van der Waals surface area contributed by atoms with E-state index in [0.29, 0.717) is 21.8 Å². The fraction of sp³-hybridized carbons (Fsp3) is 0.111. The van der Waals surface area contributed by atoms with E-state index in [-0.39, 0.29) is 15.8 Å². The molecule has 0 unspecified atom stereocenters. The molecule has 0 radical (unpaired) electrons. The van der Waals surface area contributed by atoms with E-state index in [0.717, 1.165) is 22.5 Å². The standard InChI is InChI=1S/C27H22N4O2S/c1-18(2)20-10-12-21(13-11-20)30-25(32)23(16-28)27-31(22-8-4-3-5-9-22)26(33)24(34-27)15-19-7-6-14-29-17-19/h3-15,17-18H,1-2H3,(H,30,32). The third-order valence-electron chi connectivity index (χ3n) is 5.21. The Morgan fingerprint density at radius 1 is 1.09 bits per heavy atom. The maximum atomic E-state index is 13.4. The smallest absolute Gasteiger partial charge is 0.273 e. The summed E-state index contributed by atoms with van der Waals surface area (Å²) in [6.07, 6.45) is 5.01. The van der Waals surface area contributed by atoms with Crippen molar-refractivity contribution in [1.82, 2.24) is 9.55 Å². The molecule has 0 aliphatic carbocycles. The molecule has 34 heavy (non-hydrogen) atoms. The predicted molar refractivity (Wildman–Crippen MR) is 135 cm³/mol. The van der Waals surface area contributed by atoms with E-state index < -0.39 is 5.91 Å². The largest absolute Gasteiger partial charge is 0.321 e. The molecule has 2 aromatic carbocycles. The van der Waals surface area contributed by atoms with E-state index in [9.17, 15) is 14.9 Å². The summed E-state index contributed by atoms with van der Waals surface area (Å²) in [5.74, 6) is -0.203. The van der Waals surface area contributed by atoms with Gasteiger partial charge in [-0.25, -0.2) is 0 Å². The number of nitriles is 1. The number of benzene rings is 2. The average Bonchev–Trinajstić information content (AvgIpc) is 3.16. The molecule has 0 aliphatic heterocycles. The first-order valence-electron chi connectivity index (χ1n) is 10.7.